The van der Waals surface area contributed by atoms with E-state index in [0.29, 0.717) is 32.5 Å². The molecule has 2 bridgehead atoms. The van der Waals surface area contributed by atoms with Gasteiger partial charge < -0.3 is 19.8 Å². The molecule has 3 heterocycles. The van der Waals surface area contributed by atoms with E-state index in [-0.39, 0.29) is 47.0 Å². The van der Waals surface area contributed by atoms with Gasteiger partial charge in [-0.05, 0) is 32.3 Å². The Hall–Kier alpha value is -2.10. The molecule has 1 aromatic carbocycles. The second-order valence-corrected chi connectivity index (χ2v) is 13.4. The van der Waals surface area contributed by atoms with Crippen molar-refractivity contribution in [3.05, 3.63) is 61.2 Å². The van der Waals surface area contributed by atoms with E-state index >= 15 is 0 Å². The van der Waals surface area contributed by atoms with Crippen LogP contribution in [0.5, 0.6) is 0 Å². The predicted molar refractivity (Wildman–Crippen MR) is 155 cm³/mol. The van der Waals surface area contributed by atoms with Gasteiger partial charge in [0, 0.05) is 48.9 Å². The predicted octanol–water partition coefficient (Wildman–Crippen LogP) is 3.47. The maximum atomic E-state index is 14.2. The van der Waals surface area contributed by atoms with E-state index in [1.165, 1.54) is 0 Å². The SMILES string of the molecule is C=CCN(Cc1ccccc1)C(=O)[C@H]1[C@@H]2SC3(CC2Br)C(C(=O)N(CC=C)C(C)C)N(CCCO)C(=O)[C@H]13. The van der Waals surface area contributed by atoms with Crippen LogP contribution in [0.2, 0.25) is 0 Å². The second kappa shape index (κ2) is 12.0. The number of alkyl halides is 1. The molecule has 3 amide bonds. The maximum absolute atomic E-state index is 14.2. The van der Waals surface area contributed by atoms with Crippen LogP contribution in [-0.2, 0) is 20.9 Å². The third-order valence-electron chi connectivity index (χ3n) is 7.98. The Bertz CT molecular complexity index is 1070. The first-order chi connectivity index (χ1) is 18.2. The number of carbonyl (C=O) groups is 3. The Balaban J connectivity index is 1.73. The molecule has 7 nitrogen and oxygen atoms in total. The van der Waals surface area contributed by atoms with Crippen LogP contribution in [-0.4, -0.2) is 90.7 Å². The molecule has 38 heavy (non-hydrogen) atoms. The molecule has 3 fully saturated rings. The van der Waals surface area contributed by atoms with Gasteiger partial charge in [0.15, 0.2) is 0 Å². The number of halogens is 1. The van der Waals surface area contributed by atoms with Crippen LogP contribution in [0.1, 0.15) is 32.3 Å². The van der Waals surface area contributed by atoms with Gasteiger partial charge in [-0.2, -0.15) is 0 Å². The van der Waals surface area contributed by atoms with Gasteiger partial charge in [-0.25, -0.2) is 0 Å². The summed E-state index contributed by atoms with van der Waals surface area (Å²) in [6.07, 6.45) is 4.43. The molecular weight excluding hydrogens is 566 g/mol. The van der Waals surface area contributed by atoms with Crippen molar-refractivity contribution in [2.45, 2.75) is 60.1 Å². The number of aliphatic hydroxyl groups excluding tert-OH is 1. The summed E-state index contributed by atoms with van der Waals surface area (Å²) in [6.45, 7) is 13.0. The lowest BCUT2D eigenvalue weighted by Gasteiger charge is -2.39. The van der Waals surface area contributed by atoms with Crippen LogP contribution >= 0.6 is 27.7 Å². The number of hydrogen-bond donors (Lipinski definition) is 1. The zero-order valence-electron chi connectivity index (χ0n) is 22.2. The number of aliphatic hydroxyl groups is 1. The van der Waals surface area contributed by atoms with Gasteiger partial charge >= 0.3 is 0 Å². The number of fused-ring (bicyclic) bond motifs is 1. The summed E-state index contributed by atoms with van der Waals surface area (Å²) >= 11 is 5.48. The number of benzene rings is 1. The van der Waals surface area contributed by atoms with Gasteiger partial charge in [0.25, 0.3) is 0 Å². The van der Waals surface area contributed by atoms with E-state index in [2.05, 4.69) is 29.1 Å². The van der Waals surface area contributed by atoms with E-state index in [4.69, 9.17) is 0 Å². The molecule has 0 radical (unpaired) electrons. The molecule has 3 aliphatic rings. The van der Waals surface area contributed by atoms with Crippen LogP contribution in [0.3, 0.4) is 0 Å². The standard InChI is InChI=1S/C29H38BrN3O4S/c1-5-13-31(18-20-11-8-7-9-12-20)26(35)22-23-27(36)33(15-10-16-34)25(28(37)32(14-6-2)19(3)4)29(23)17-21(30)24(22)38-29/h5-9,11-12,19,21-25,34H,1-2,10,13-18H2,3-4H3/t21?,22-,23+,24-,25?,29?/m1/s1. The fourth-order valence-electron chi connectivity index (χ4n) is 6.43. The summed E-state index contributed by atoms with van der Waals surface area (Å²) < 4.78 is -0.705. The highest BCUT2D eigenvalue weighted by Gasteiger charge is 2.76. The average molecular weight is 605 g/mol. The molecule has 0 saturated carbocycles. The Morgan fingerprint density at radius 1 is 1.21 bits per heavy atom. The second-order valence-electron chi connectivity index (χ2n) is 10.6. The van der Waals surface area contributed by atoms with E-state index in [1.54, 1.807) is 38.6 Å². The van der Waals surface area contributed by atoms with Crippen LogP contribution < -0.4 is 0 Å². The highest BCUT2D eigenvalue weighted by Crippen LogP contribution is 2.68. The van der Waals surface area contributed by atoms with Gasteiger partial charge in [-0.15, -0.1) is 24.9 Å². The quantitative estimate of drug-likeness (QED) is 0.292. The molecule has 0 aromatic heterocycles. The normalized spacial score (nSPS) is 29.4. The molecule has 1 N–H and O–H groups in total. The van der Waals surface area contributed by atoms with Crippen molar-refractivity contribution in [2.24, 2.45) is 11.8 Å². The molecule has 3 aliphatic heterocycles. The first kappa shape index (κ1) is 28.9. The molecule has 0 aliphatic carbocycles. The highest BCUT2D eigenvalue weighted by atomic mass is 79.9. The van der Waals surface area contributed by atoms with Crippen molar-refractivity contribution >= 4 is 45.4 Å². The molecule has 6 atom stereocenters. The van der Waals surface area contributed by atoms with E-state index < -0.39 is 22.6 Å². The topological polar surface area (TPSA) is 81.2 Å². The van der Waals surface area contributed by atoms with Crippen LogP contribution in [0, 0.1) is 11.8 Å². The minimum Gasteiger partial charge on any atom is -0.396 e. The van der Waals surface area contributed by atoms with Gasteiger partial charge in [-0.1, -0.05) is 58.4 Å². The number of likely N-dealkylation sites (tertiary alicyclic amines) is 1. The minimum atomic E-state index is -0.705. The minimum absolute atomic E-state index is 0.00722. The molecule has 4 rings (SSSR count). The molecule has 1 aromatic rings. The molecule has 3 saturated heterocycles. The van der Waals surface area contributed by atoms with Crippen LogP contribution in [0.4, 0.5) is 0 Å². The lowest BCUT2D eigenvalue weighted by atomic mass is 9.70. The van der Waals surface area contributed by atoms with Crippen LogP contribution in [0.15, 0.2) is 55.6 Å². The zero-order chi connectivity index (χ0) is 27.6. The Kier molecular flexibility index (Phi) is 9.10. The first-order valence-electron chi connectivity index (χ1n) is 13.3. The third-order valence-corrected chi connectivity index (χ3v) is 11.2. The number of nitrogens with zero attached hydrogens (tertiary/aromatic N) is 3. The zero-order valence-corrected chi connectivity index (χ0v) is 24.6. The smallest absolute Gasteiger partial charge is 0.247 e. The fraction of sp³-hybridized carbons (Fsp3) is 0.552. The Morgan fingerprint density at radius 3 is 2.50 bits per heavy atom. The van der Waals surface area contributed by atoms with Gasteiger partial charge in [-0.3, -0.25) is 14.4 Å². The fourth-order valence-corrected chi connectivity index (χ4v) is 10.0. The van der Waals surface area contributed by atoms with E-state index in [0.717, 1.165) is 5.56 Å². The average Bonchev–Trinajstić information content (AvgIpc) is 3.48. The lowest BCUT2D eigenvalue weighted by molar-refractivity contribution is -0.145. The molecule has 9 heteroatoms. The summed E-state index contributed by atoms with van der Waals surface area (Å²) in [6, 6.07) is 9.05. The molecule has 3 unspecified atom stereocenters. The van der Waals surface area contributed by atoms with Crippen molar-refractivity contribution in [3.8, 4) is 0 Å². The number of amides is 3. The van der Waals surface area contributed by atoms with Gasteiger partial charge in [0.1, 0.15) is 6.04 Å². The van der Waals surface area contributed by atoms with E-state index in [9.17, 15) is 19.5 Å². The molecule has 1 spiro atoms. The first-order valence-corrected chi connectivity index (χ1v) is 15.1. The van der Waals surface area contributed by atoms with Crippen molar-refractivity contribution < 1.29 is 19.5 Å². The largest absolute Gasteiger partial charge is 0.396 e. The van der Waals surface area contributed by atoms with Crippen molar-refractivity contribution in [2.75, 3.05) is 26.2 Å². The Labute approximate surface area is 238 Å². The summed E-state index contributed by atoms with van der Waals surface area (Å²) in [4.78, 5) is 47.7. The monoisotopic (exact) mass is 603 g/mol. The Morgan fingerprint density at radius 2 is 1.89 bits per heavy atom. The van der Waals surface area contributed by atoms with Crippen LogP contribution in [0.25, 0.3) is 0 Å². The van der Waals surface area contributed by atoms with Crippen molar-refractivity contribution in [1.82, 2.24) is 14.7 Å². The summed E-state index contributed by atoms with van der Waals surface area (Å²) in [5, 5.41) is 9.47. The number of thioether (sulfide) groups is 1. The summed E-state index contributed by atoms with van der Waals surface area (Å²) in [5.74, 6) is -1.47. The summed E-state index contributed by atoms with van der Waals surface area (Å²) in [5.41, 5.74) is 1.01. The number of rotatable bonds is 12. The number of hydrogen-bond acceptors (Lipinski definition) is 5. The van der Waals surface area contributed by atoms with Gasteiger partial charge in [0.05, 0.1) is 16.6 Å². The summed E-state index contributed by atoms with van der Waals surface area (Å²) in [7, 11) is 0. The third kappa shape index (κ3) is 4.97. The maximum Gasteiger partial charge on any atom is 0.247 e. The molecular formula is C29H38BrN3O4S. The lowest BCUT2D eigenvalue weighted by Crippen LogP contribution is -2.57. The number of carbonyl (C=O) groups excluding carboxylic acids is 3. The highest BCUT2D eigenvalue weighted by molar-refractivity contribution is 9.09. The van der Waals surface area contributed by atoms with Gasteiger partial charge in [0.2, 0.25) is 17.7 Å². The van der Waals surface area contributed by atoms with Crippen molar-refractivity contribution in [1.29, 1.82) is 0 Å². The van der Waals surface area contributed by atoms with Crippen molar-refractivity contribution in [3.63, 3.8) is 0 Å². The molecule has 206 valence electrons. The van der Waals surface area contributed by atoms with E-state index in [1.807, 2.05) is 44.2 Å².